The van der Waals surface area contributed by atoms with Crippen LogP contribution in [0.4, 0.5) is 0 Å². The lowest BCUT2D eigenvalue weighted by Crippen LogP contribution is -2.50. The number of primary sulfonamides is 1. The van der Waals surface area contributed by atoms with E-state index in [9.17, 15) is 13.2 Å². The summed E-state index contributed by atoms with van der Waals surface area (Å²) in [6.45, 7) is 7.20. The molecule has 0 aromatic rings. The predicted molar refractivity (Wildman–Crippen MR) is 69.3 cm³/mol. The number of carbonyl (C=O) groups is 1. The minimum atomic E-state index is -3.58. The quantitative estimate of drug-likeness (QED) is 0.571. The molecule has 0 aliphatic heterocycles. The van der Waals surface area contributed by atoms with Crippen LogP contribution in [-0.2, 0) is 19.6 Å². The molecule has 2 atom stereocenters. The molecule has 7 nitrogen and oxygen atoms in total. The van der Waals surface area contributed by atoms with Crippen molar-refractivity contribution in [1.82, 2.24) is 5.32 Å². The Morgan fingerprint density at radius 2 is 1.89 bits per heavy atom. The van der Waals surface area contributed by atoms with Crippen molar-refractivity contribution < 1.29 is 17.9 Å². The monoisotopic (exact) mass is 281 g/mol. The van der Waals surface area contributed by atoms with Gasteiger partial charge in [0.2, 0.25) is 15.9 Å². The van der Waals surface area contributed by atoms with E-state index >= 15 is 0 Å². The zero-order chi connectivity index (χ0) is 14.6. The van der Waals surface area contributed by atoms with Crippen LogP contribution in [-0.4, -0.2) is 44.4 Å². The highest BCUT2D eigenvalue weighted by Crippen LogP contribution is 2.12. The Hall–Kier alpha value is -0.700. The minimum absolute atomic E-state index is 0.0619. The molecule has 0 aromatic heterocycles. The summed E-state index contributed by atoms with van der Waals surface area (Å²) in [6, 6.07) is -0.857. The van der Waals surface area contributed by atoms with E-state index in [2.05, 4.69) is 5.32 Å². The Balaban J connectivity index is 4.18. The average molecular weight is 281 g/mol. The van der Waals surface area contributed by atoms with E-state index in [0.717, 1.165) is 0 Å². The van der Waals surface area contributed by atoms with E-state index in [-0.39, 0.29) is 12.3 Å². The van der Waals surface area contributed by atoms with Gasteiger partial charge in [-0.3, -0.25) is 4.79 Å². The third-order valence-electron chi connectivity index (χ3n) is 2.03. The summed E-state index contributed by atoms with van der Waals surface area (Å²) >= 11 is 0. The third-order valence-corrected chi connectivity index (χ3v) is 2.81. The van der Waals surface area contributed by atoms with Crippen molar-refractivity contribution in [3.63, 3.8) is 0 Å². The number of hydrogen-bond acceptors (Lipinski definition) is 5. The fraction of sp³-hybridized carbons (Fsp3) is 0.900. The van der Waals surface area contributed by atoms with Gasteiger partial charge in [-0.05, 0) is 27.7 Å². The van der Waals surface area contributed by atoms with Crippen LogP contribution in [0.5, 0.6) is 0 Å². The second kappa shape index (κ2) is 6.46. The van der Waals surface area contributed by atoms with E-state index in [1.54, 1.807) is 6.92 Å². The number of nitrogens with one attached hydrogen (secondary N) is 1. The highest BCUT2D eigenvalue weighted by Gasteiger charge is 2.25. The van der Waals surface area contributed by atoms with Crippen LogP contribution in [0.3, 0.4) is 0 Å². The molecule has 0 bridgehead atoms. The molecule has 0 saturated heterocycles. The van der Waals surface area contributed by atoms with Gasteiger partial charge < -0.3 is 15.8 Å². The average Bonchev–Trinajstić information content (AvgIpc) is 2.11. The van der Waals surface area contributed by atoms with Crippen LogP contribution < -0.4 is 16.2 Å². The largest absolute Gasteiger partial charge is 0.371 e. The van der Waals surface area contributed by atoms with Crippen LogP contribution in [0, 0.1) is 0 Å². The third kappa shape index (κ3) is 8.40. The van der Waals surface area contributed by atoms with E-state index < -0.39 is 33.7 Å². The molecular weight excluding hydrogens is 258 g/mol. The van der Waals surface area contributed by atoms with Crippen LogP contribution in [0.2, 0.25) is 0 Å². The van der Waals surface area contributed by atoms with Crippen molar-refractivity contribution in [2.75, 3.05) is 12.3 Å². The second-order valence-electron chi connectivity index (χ2n) is 5.12. The molecule has 0 saturated carbocycles. The topological polar surface area (TPSA) is 125 Å². The molecule has 0 aromatic carbocycles. The van der Waals surface area contributed by atoms with Crippen molar-refractivity contribution in [3.8, 4) is 0 Å². The maximum atomic E-state index is 11.6. The van der Waals surface area contributed by atoms with Crippen molar-refractivity contribution in [2.45, 2.75) is 45.4 Å². The molecule has 0 fully saturated rings. The van der Waals surface area contributed by atoms with E-state index in [1.807, 2.05) is 20.8 Å². The Kier molecular flexibility index (Phi) is 6.21. The van der Waals surface area contributed by atoms with Crippen molar-refractivity contribution in [2.24, 2.45) is 10.9 Å². The maximum absolute atomic E-state index is 11.6. The first kappa shape index (κ1) is 17.3. The van der Waals surface area contributed by atoms with Gasteiger partial charge in [-0.25, -0.2) is 13.6 Å². The van der Waals surface area contributed by atoms with Gasteiger partial charge in [-0.2, -0.15) is 0 Å². The summed E-state index contributed by atoms with van der Waals surface area (Å²) in [4.78, 5) is 11.6. The molecule has 5 N–H and O–H groups in total. The van der Waals surface area contributed by atoms with Gasteiger partial charge in [0.25, 0.3) is 0 Å². The lowest BCUT2D eigenvalue weighted by Gasteiger charge is -2.28. The van der Waals surface area contributed by atoms with Crippen LogP contribution in [0.25, 0.3) is 0 Å². The normalized spacial score (nSPS) is 16.1. The van der Waals surface area contributed by atoms with E-state index in [4.69, 9.17) is 15.6 Å². The Bertz CT molecular complexity index is 375. The first-order valence-electron chi connectivity index (χ1n) is 5.64. The highest BCUT2D eigenvalue weighted by molar-refractivity contribution is 7.89. The summed E-state index contributed by atoms with van der Waals surface area (Å²) in [6.07, 6.45) is -0.473. The van der Waals surface area contributed by atoms with Gasteiger partial charge in [-0.1, -0.05) is 0 Å². The number of rotatable bonds is 6. The lowest BCUT2D eigenvalue weighted by atomic mass is 10.1. The molecular formula is C10H23N3O4S. The van der Waals surface area contributed by atoms with Crippen molar-refractivity contribution in [3.05, 3.63) is 0 Å². The highest BCUT2D eigenvalue weighted by atomic mass is 32.2. The first-order chi connectivity index (χ1) is 7.92. The zero-order valence-corrected chi connectivity index (χ0v) is 12.1. The minimum Gasteiger partial charge on any atom is -0.371 e. The van der Waals surface area contributed by atoms with Gasteiger partial charge in [-0.15, -0.1) is 0 Å². The molecule has 0 radical (unpaired) electrons. The Labute approximate surface area is 108 Å². The standard InChI is InChI=1S/C10H23N3O4S/c1-7(17-10(2,3)4)8(11)9(14)13-5-6-18(12,15)16/h7-8H,5-6,11H2,1-4H3,(H,13,14)(H2,12,15,16)/t7-,8+/m1/s1. The second-order valence-corrected chi connectivity index (χ2v) is 6.85. The summed E-state index contributed by atoms with van der Waals surface area (Å²) in [5.74, 6) is -0.782. The number of amides is 1. The van der Waals surface area contributed by atoms with Crippen molar-refractivity contribution in [1.29, 1.82) is 0 Å². The first-order valence-corrected chi connectivity index (χ1v) is 7.35. The number of ether oxygens (including phenoxy) is 1. The fourth-order valence-corrected chi connectivity index (χ4v) is 1.67. The summed E-state index contributed by atoms with van der Waals surface area (Å²) in [7, 11) is -3.58. The van der Waals surface area contributed by atoms with Crippen LogP contribution >= 0.6 is 0 Å². The Morgan fingerprint density at radius 1 is 1.39 bits per heavy atom. The zero-order valence-electron chi connectivity index (χ0n) is 11.3. The molecule has 0 heterocycles. The van der Waals surface area contributed by atoms with Gasteiger partial charge in [0.15, 0.2) is 0 Å². The van der Waals surface area contributed by atoms with E-state index in [0.29, 0.717) is 0 Å². The van der Waals surface area contributed by atoms with Gasteiger partial charge in [0.05, 0.1) is 17.5 Å². The van der Waals surface area contributed by atoms with Crippen LogP contribution in [0.15, 0.2) is 0 Å². The molecule has 0 rings (SSSR count). The number of hydrogen-bond donors (Lipinski definition) is 3. The Morgan fingerprint density at radius 3 is 2.28 bits per heavy atom. The number of sulfonamides is 1. The van der Waals surface area contributed by atoms with Gasteiger partial charge >= 0.3 is 0 Å². The number of nitrogens with two attached hydrogens (primary N) is 2. The van der Waals surface area contributed by atoms with Crippen molar-refractivity contribution >= 4 is 15.9 Å². The maximum Gasteiger partial charge on any atom is 0.239 e. The SMILES string of the molecule is C[C@@H](OC(C)(C)C)[C@H](N)C(=O)NCCS(N)(=O)=O. The summed E-state index contributed by atoms with van der Waals surface area (Å²) < 4.78 is 26.9. The molecule has 8 heteroatoms. The van der Waals surface area contributed by atoms with Gasteiger partial charge in [0, 0.05) is 6.54 Å². The lowest BCUT2D eigenvalue weighted by molar-refractivity contribution is -0.129. The number of carbonyl (C=O) groups excluding carboxylic acids is 1. The summed E-state index contributed by atoms with van der Waals surface area (Å²) in [5, 5.41) is 7.21. The fourth-order valence-electron chi connectivity index (χ4n) is 1.28. The van der Waals surface area contributed by atoms with E-state index in [1.165, 1.54) is 0 Å². The molecule has 0 spiro atoms. The summed E-state index contributed by atoms with van der Waals surface area (Å²) in [5.41, 5.74) is 5.30. The molecule has 108 valence electrons. The molecule has 1 amide bonds. The smallest absolute Gasteiger partial charge is 0.239 e. The molecule has 18 heavy (non-hydrogen) atoms. The predicted octanol–water partition coefficient (Wildman–Crippen LogP) is -1.08. The molecule has 0 unspecified atom stereocenters. The molecule has 0 aliphatic rings. The van der Waals surface area contributed by atoms with Gasteiger partial charge in [0.1, 0.15) is 6.04 Å². The van der Waals surface area contributed by atoms with Crippen LogP contribution in [0.1, 0.15) is 27.7 Å². The molecule has 0 aliphatic carbocycles.